The van der Waals surface area contributed by atoms with Crippen LogP contribution in [0.15, 0.2) is 34.9 Å². The number of aliphatic hydroxyl groups excluding tert-OH is 1. The Labute approximate surface area is 220 Å². The lowest BCUT2D eigenvalue weighted by atomic mass is 9.58. The number of phenols is 1. The molecule has 0 bridgehead atoms. The average molecular weight is 532 g/mol. The van der Waals surface area contributed by atoms with Gasteiger partial charge in [0.1, 0.15) is 5.75 Å². The Morgan fingerprint density at radius 1 is 1.27 bits per heavy atom. The maximum Gasteiger partial charge on any atom is 0.455 e. The van der Waals surface area contributed by atoms with Gasteiger partial charge in [-0.2, -0.15) is 4.90 Å². The predicted molar refractivity (Wildman–Crippen MR) is 136 cm³/mol. The highest BCUT2D eigenvalue weighted by Gasteiger charge is 2.59. The van der Waals surface area contributed by atoms with E-state index in [1.54, 1.807) is 12.1 Å². The molecular weight excluding hydrogens is 501 g/mol. The van der Waals surface area contributed by atoms with E-state index >= 15 is 0 Å². The minimum absolute atomic E-state index is 0.0830. The molecule has 2 aliphatic heterocycles. The lowest BCUT2D eigenvalue weighted by molar-refractivity contribution is -0.137. The van der Waals surface area contributed by atoms with Gasteiger partial charge < -0.3 is 24.6 Å². The number of nitrogens with zero attached hydrogens (tertiary/aromatic N) is 1. The molecule has 198 valence electrons. The lowest BCUT2D eigenvalue weighted by Crippen LogP contribution is -2.46. The van der Waals surface area contributed by atoms with E-state index in [-0.39, 0.29) is 25.1 Å². The van der Waals surface area contributed by atoms with Gasteiger partial charge in [0.2, 0.25) is 11.8 Å². The highest BCUT2D eigenvalue weighted by molar-refractivity contribution is 6.43. The lowest BCUT2D eigenvalue weighted by Gasteiger charge is -2.42. The van der Waals surface area contributed by atoms with E-state index in [0.717, 1.165) is 36.7 Å². The monoisotopic (exact) mass is 531 g/mol. The smallest absolute Gasteiger partial charge is 0.455 e. The maximum atomic E-state index is 13.2. The minimum Gasteiger partial charge on any atom is -0.508 e. The van der Waals surface area contributed by atoms with Crippen molar-refractivity contribution in [3.63, 3.8) is 0 Å². The van der Waals surface area contributed by atoms with Crippen LogP contribution in [-0.4, -0.2) is 65.0 Å². The summed E-state index contributed by atoms with van der Waals surface area (Å²) in [4.78, 5) is 38.8. The molecule has 0 aromatic heterocycles. The molecule has 3 aliphatic rings. The molecule has 4 rings (SSSR count). The van der Waals surface area contributed by atoms with Gasteiger partial charge in [0.15, 0.2) is 0 Å². The van der Waals surface area contributed by atoms with Crippen LogP contribution in [0, 0.1) is 17.8 Å². The number of hydrogen-bond donors (Lipinski definition) is 3. The number of ether oxygens (including phenoxy) is 1. The summed E-state index contributed by atoms with van der Waals surface area (Å²) in [6.45, 7) is 1.75. The van der Waals surface area contributed by atoms with Crippen LogP contribution in [0.4, 0.5) is 4.79 Å². The molecule has 2 saturated heterocycles. The van der Waals surface area contributed by atoms with Crippen LogP contribution >= 0.6 is 11.6 Å². The number of phenolic OH excluding ortho intramolecular Hbond substituents is 1. The van der Waals surface area contributed by atoms with Gasteiger partial charge in [-0.05, 0) is 72.8 Å². The molecule has 1 aromatic rings. The minimum atomic E-state index is -1.15. The van der Waals surface area contributed by atoms with E-state index in [4.69, 9.17) is 16.3 Å². The van der Waals surface area contributed by atoms with Crippen molar-refractivity contribution in [3.8, 4) is 5.75 Å². The first-order valence-corrected chi connectivity index (χ1v) is 12.9. The largest absolute Gasteiger partial charge is 0.508 e. The van der Waals surface area contributed by atoms with Crippen LogP contribution in [0.3, 0.4) is 0 Å². The molecule has 0 radical (unpaired) electrons. The van der Waals surface area contributed by atoms with E-state index < -0.39 is 48.9 Å². The van der Waals surface area contributed by atoms with Crippen LogP contribution in [0.5, 0.6) is 5.75 Å². The second-order valence-electron chi connectivity index (χ2n) is 9.75. The fourth-order valence-electron chi connectivity index (χ4n) is 5.94. The van der Waals surface area contributed by atoms with Gasteiger partial charge in [0.05, 0.1) is 36.7 Å². The number of allylic oxidation sites excluding steroid dienone is 1. The first kappa shape index (κ1) is 27.4. The molecule has 4 atom stereocenters. The SMILES string of the molecule is CCC/C(=C\c1ccc(O)cc1Cl)CC[C@H]1OB(O)C[C@H]2C1=C(CO)C[C@H]1C(=O)N(C(=O)OC)C(=O)[C@H]12. The Morgan fingerprint density at radius 3 is 2.68 bits per heavy atom. The zero-order chi connectivity index (χ0) is 26.9. The first-order chi connectivity index (χ1) is 17.7. The number of benzene rings is 1. The molecule has 37 heavy (non-hydrogen) atoms. The number of fused-ring (bicyclic) bond motifs is 3. The van der Waals surface area contributed by atoms with Crippen LogP contribution in [0.2, 0.25) is 11.3 Å². The number of aromatic hydroxyl groups is 1. The van der Waals surface area contributed by atoms with Crippen molar-refractivity contribution in [1.82, 2.24) is 4.90 Å². The van der Waals surface area contributed by atoms with Crippen molar-refractivity contribution in [2.45, 2.75) is 51.5 Å². The van der Waals surface area contributed by atoms with Gasteiger partial charge in [0.25, 0.3) is 0 Å². The third kappa shape index (κ3) is 5.34. The fraction of sp³-hybridized carbons (Fsp3) is 0.500. The highest BCUT2D eigenvalue weighted by atomic mass is 35.5. The van der Waals surface area contributed by atoms with E-state index in [1.807, 2.05) is 6.08 Å². The zero-order valence-electron chi connectivity index (χ0n) is 20.9. The van der Waals surface area contributed by atoms with Crippen molar-refractivity contribution in [1.29, 1.82) is 0 Å². The van der Waals surface area contributed by atoms with Crippen molar-refractivity contribution >= 4 is 42.7 Å². The fourth-order valence-corrected chi connectivity index (χ4v) is 6.17. The van der Waals surface area contributed by atoms with Gasteiger partial charge >= 0.3 is 13.2 Å². The zero-order valence-corrected chi connectivity index (χ0v) is 21.6. The molecule has 2 heterocycles. The molecule has 3 amide bonds. The number of aliphatic hydroxyl groups is 1. The van der Waals surface area contributed by atoms with Crippen molar-refractivity contribution in [3.05, 3.63) is 45.5 Å². The Morgan fingerprint density at radius 2 is 2.03 bits per heavy atom. The predicted octanol–water partition coefficient (Wildman–Crippen LogP) is 3.57. The normalized spacial score (nSPS) is 25.9. The highest BCUT2D eigenvalue weighted by Crippen LogP contribution is 2.50. The van der Waals surface area contributed by atoms with E-state index in [2.05, 4.69) is 11.7 Å². The molecule has 3 N–H and O–H groups in total. The summed E-state index contributed by atoms with van der Waals surface area (Å²) in [5.74, 6) is -3.34. The summed E-state index contributed by atoms with van der Waals surface area (Å²) in [5.41, 5.74) is 3.22. The molecule has 0 saturated carbocycles. The van der Waals surface area contributed by atoms with Crippen LogP contribution < -0.4 is 0 Å². The number of carbonyl (C=O) groups excluding carboxylic acids is 3. The summed E-state index contributed by atoms with van der Waals surface area (Å²) in [5, 5.41) is 30.8. The van der Waals surface area contributed by atoms with Gasteiger partial charge in [-0.3, -0.25) is 9.59 Å². The van der Waals surface area contributed by atoms with Gasteiger partial charge in [-0.15, -0.1) is 0 Å². The third-order valence-corrected chi connectivity index (χ3v) is 7.83. The number of likely N-dealkylation sites (tertiary alicyclic amines) is 1. The molecular formula is C26H31BClNO8. The second-order valence-corrected chi connectivity index (χ2v) is 10.2. The molecule has 0 unspecified atom stereocenters. The molecule has 1 aromatic carbocycles. The molecule has 9 nitrogen and oxygen atoms in total. The summed E-state index contributed by atoms with van der Waals surface area (Å²) in [6.07, 6.45) is 3.40. The Hall–Kier alpha value is -2.66. The number of amides is 3. The maximum absolute atomic E-state index is 13.2. The summed E-state index contributed by atoms with van der Waals surface area (Å²) in [7, 11) is -0.0491. The molecule has 0 spiro atoms. The topological polar surface area (TPSA) is 134 Å². The van der Waals surface area contributed by atoms with Crippen LogP contribution in [0.1, 0.15) is 44.6 Å². The summed E-state index contributed by atoms with van der Waals surface area (Å²) < 4.78 is 10.6. The quantitative estimate of drug-likeness (QED) is 0.276. The van der Waals surface area contributed by atoms with E-state index in [9.17, 15) is 29.6 Å². The van der Waals surface area contributed by atoms with Gasteiger partial charge in [0, 0.05) is 0 Å². The number of carbonyl (C=O) groups is 3. The van der Waals surface area contributed by atoms with E-state index in [1.165, 1.54) is 6.07 Å². The van der Waals surface area contributed by atoms with Gasteiger partial charge in [-0.1, -0.05) is 36.6 Å². The van der Waals surface area contributed by atoms with Crippen LogP contribution in [-0.2, 0) is 19.0 Å². The summed E-state index contributed by atoms with van der Waals surface area (Å²) >= 11 is 6.30. The first-order valence-electron chi connectivity index (χ1n) is 12.5. The number of hydrogen-bond acceptors (Lipinski definition) is 8. The van der Waals surface area contributed by atoms with Gasteiger partial charge in [-0.25, -0.2) is 4.79 Å². The third-order valence-electron chi connectivity index (χ3n) is 7.50. The second kappa shape index (κ2) is 11.4. The van der Waals surface area contributed by atoms with Crippen molar-refractivity contribution in [2.24, 2.45) is 17.8 Å². The van der Waals surface area contributed by atoms with Crippen molar-refractivity contribution < 1.29 is 39.0 Å². The number of halogens is 1. The Bertz CT molecular complexity index is 1150. The standard InChI is InChI=1S/C26H31BClNO8/c1-3-4-14(9-15-6-7-17(31)11-20(15)28)5-8-21-22-16(13-30)10-18-23(19(22)12-27(35)37-21)25(33)29(24(18)32)26(34)36-2/h6-7,9,11,18-19,21,23,30-31,35H,3-5,8,10,12-13H2,1-2H3/b14-9+/t18-,19+,21-,23-/m1/s1. The number of methoxy groups -OCH3 is 1. The number of rotatable bonds is 7. The Kier molecular flexibility index (Phi) is 8.43. The molecule has 1 aliphatic carbocycles. The molecule has 2 fully saturated rings. The summed E-state index contributed by atoms with van der Waals surface area (Å²) in [6, 6.07) is 4.80. The number of imide groups is 3. The Balaban J connectivity index is 1.62. The average Bonchev–Trinajstić information content (AvgIpc) is 3.12. The van der Waals surface area contributed by atoms with Crippen LogP contribution in [0.25, 0.3) is 6.08 Å². The molecule has 11 heteroatoms. The van der Waals surface area contributed by atoms with Crippen molar-refractivity contribution in [2.75, 3.05) is 13.7 Å². The van der Waals surface area contributed by atoms with E-state index in [0.29, 0.717) is 28.3 Å².